The van der Waals surface area contributed by atoms with Crippen molar-refractivity contribution in [3.05, 3.63) is 75.1 Å². The number of nitrogens with one attached hydrogen (secondary N) is 2. The van der Waals surface area contributed by atoms with Crippen LogP contribution in [0.5, 0.6) is 0 Å². The Morgan fingerprint density at radius 2 is 1.88 bits per heavy atom. The number of aromatic nitrogens is 3. The van der Waals surface area contributed by atoms with Crippen LogP contribution in [0, 0.1) is 23.0 Å². The number of pyridine rings is 1. The van der Waals surface area contributed by atoms with Gasteiger partial charge in [-0.15, -0.1) is 0 Å². The molecule has 0 aliphatic rings. The summed E-state index contributed by atoms with van der Waals surface area (Å²) in [7, 11) is 0. The van der Waals surface area contributed by atoms with Crippen LogP contribution < -0.4 is 10.6 Å². The zero-order valence-electron chi connectivity index (χ0n) is 17.9. The first-order chi connectivity index (χ1) is 15.3. The lowest BCUT2D eigenvalue weighted by Crippen LogP contribution is -2.43. The molecule has 0 saturated heterocycles. The Morgan fingerprint density at radius 3 is 2.47 bits per heavy atom. The molecular formula is C22H23ClN6O3. The van der Waals surface area contributed by atoms with Crippen LogP contribution in [0.4, 0.5) is 11.5 Å². The minimum Gasteiger partial charge on any atom is -0.357 e. The van der Waals surface area contributed by atoms with Crippen molar-refractivity contribution in [1.82, 2.24) is 20.3 Å². The van der Waals surface area contributed by atoms with Gasteiger partial charge >= 0.3 is 0 Å². The van der Waals surface area contributed by atoms with Crippen molar-refractivity contribution in [2.75, 3.05) is 5.32 Å². The number of nitro groups is 1. The second kappa shape index (κ2) is 10.1. The van der Waals surface area contributed by atoms with Crippen LogP contribution in [0.15, 0.2) is 48.7 Å². The van der Waals surface area contributed by atoms with Gasteiger partial charge in [0.1, 0.15) is 22.6 Å². The topological polar surface area (TPSA) is 123 Å². The van der Waals surface area contributed by atoms with Gasteiger partial charge in [-0.05, 0) is 30.5 Å². The van der Waals surface area contributed by atoms with E-state index in [0.29, 0.717) is 28.1 Å². The molecule has 1 amide bonds. The van der Waals surface area contributed by atoms with Crippen LogP contribution in [-0.2, 0) is 11.3 Å². The molecule has 2 N–H and O–H groups in total. The molecule has 2 aromatic heterocycles. The number of benzene rings is 1. The molecule has 0 aliphatic carbocycles. The van der Waals surface area contributed by atoms with E-state index in [9.17, 15) is 14.9 Å². The molecule has 1 unspecified atom stereocenters. The summed E-state index contributed by atoms with van der Waals surface area (Å²) in [6, 6.07) is 10.9. The van der Waals surface area contributed by atoms with Crippen LogP contribution in [0.3, 0.4) is 0 Å². The van der Waals surface area contributed by atoms with Crippen LogP contribution in [0.25, 0.3) is 11.5 Å². The molecule has 10 heteroatoms. The quantitative estimate of drug-likeness (QED) is 0.387. The zero-order chi connectivity index (χ0) is 23.3. The van der Waals surface area contributed by atoms with Gasteiger partial charge in [-0.2, -0.15) is 0 Å². The van der Waals surface area contributed by atoms with Crippen molar-refractivity contribution in [2.45, 2.75) is 33.4 Å². The molecule has 3 aromatic rings. The van der Waals surface area contributed by atoms with Gasteiger partial charge in [0.15, 0.2) is 5.82 Å². The lowest BCUT2D eigenvalue weighted by atomic mass is 10.0. The highest BCUT2D eigenvalue weighted by atomic mass is 35.5. The predicted molar refractivity (Wildman–Crippen MR) is 122 cm³/mol. The number of hydrogen-bond donors (Lipinski definition) is 2. The first kappa shape index (κ1) is 23.1. The summed E-state index contributed by atoms with van der Waals surface area (Å²) < 4.78 is 0. The summed E-state index contributed by atoms with van der Waals surface area (Å²) in [6.07, 6.45) is 1.65. The van der Waals surface area contributed by atoms with Crippen LogP contribution in [0.2, 0.25) is 5.02 Å². The van der Waals surface area contributed by atoms with E-state index >= 15 is 0 Å². The molecule has 0 aliphatic heterocycles. The van der Waals surface area contributed by atoms with E-state index in [1.807, 2.05) is 19.9 Å². The first-order valence-corrected chi connectivity index (χ1v) is 10.4. The number of rotatable bonds is 8. The Morgan fingerprint density at radius 1 is 1.16 bits per heavy atom. The number of aryl methyl sites for hydroxylation is 1. The van der Waals surface area contributed by atoms with Gasteiger partial charge < -0.3 is 10.6 Å². The molecule has 0 fully saturated rings. The maximum Gasteiger partial charge on any atom is 0.269 e. The monoisotopic (exact) mass is 454 g/mol. The number of nitro benzene ring substituents is 1. The number of anilines is 1. The van der Waals surface area contributed by atoms with Crippen LogP contribution in [-0.4, -0.2) is 31.8 Å². The molecule has 0 saturated carbocycles. The smallest absolute Gasteiger partial charge is 0.269 e. The van der Waals surface area contributed by atoms with Crippen molar-refractivity contribution in [2.24, 2.45) is 5.92 Å². The molecular weight excluding hydrogens is 432 g/mol. The average molecular weight is 455 g/mol. The largest absolute Gasteiger partial charge is 0.357 e. The lowest BCUT2D eigenvalue weighted by molar-refractivity contribution is -0.384. The summed E-state index contributed by atoms with van der Waals surface area (Å²) in [5.74, 6) is 0.439. The highest BCUT2D eigenvalue weighted by molar-refractivity contribution is 6.33. The summed E-state index contributed by atoms with van der Waals surface area (Å²) in [4.78, 5) is 36.4. The van der Waals surface area contributed by atoms with Crippen molar-refractivity contribution >= 4 is 29.0 Å². The molecule has 3 rings (SSSR count). The van der Waals surface area contributed by atoms with E-state index in [4.69, 9.17) is 11.6 Å². The van der Waals surface area contributed by atoms with Crippen molar-refractivity contribution in [1.29, 1.82) is 0 Å². The van der Waals surface area contributed by atoms with Gasteiger partial charge in [0, 0.05) is 24.9 Å². The molecule has 9 nitrogen and oxygen atoms in total. The Kier molecular flexibility index (Phi) is 7.32. The van der Waals surface area contributed by atoms with Gasteiger partial charge in [-0.25, -0.2) is 9.97 Å². The van der Waals surface area contributed by atoms with Crippen molar-refractivity contribution < 1.29 is 9.72 Å². The van der Waals surface area contributed by atoms with E-state index in [1.165, 1.54) is 12.1 Å². The second-order valence-corrected chi connectivity index (χ2v) is 7.90. The fraction of sp³-hybridized carbons (Fsp3) is 0.273. The number of halogens is 1. The van der Waals surface area contributed by atoms with Gasteiger partial charge in [0.2, 0.25) is 5.91 Å². The van der Waals surface area contributed by atoms with Gasteiger partial charge in [-0.1, -0.05) is 43.6 Å². The maximum atomic E-state index is 12.9. The van der Waals surface area contributed by atoms with E-state index in [0.717, 1.165) is 5.56 Å². The Labute approximate surface area is 190 Å². The van der Waals surface area contributed by atoms with Crippen molar-refractivity contribution in [3.8, 4) is 11.5 Å². The zero-order valence-corrected chi connectivity index (χ0v) is 18.6. The third kappa shape index (κ3) is 5.55. The number of carbonyl (C=O) groups is 1. The standard InChI is InChI=1S/C22H23ClN6O3/c1-13(2)19(22(30)25-12-15-7-9-16(10-8-15)29(31)32)27-21-18(23)14(3)26-20(28-21)17-6-4-5-11-24-17/h4-11,13,19H,12H2,1-3H3,(H,25,30)(H,26,27,28). The maximum absolute atomic E-state index is 12.9. The predicted octanol–water partition coefficient (Wildman–Crippen LogP) is 4.16. The third-order valence-electron chi connectivity index (χ3n) is 4.77. The SMILES string of the molecule is Cc1nc(-c2ccccn2)nc(NC(C(=O)NCc2ccc([N+](=O)[O-])cc2)C(C)C)c1Cl. The summed E-state index contributed by atoms with van der Waals surface area (Å²) in [6.45, 7) is 5.81. The molecule has 0 bridgehead atoms. The number of amides is 1. The molecule has 0 radical (unpaired) electrons. The Balaban J connectivity index is 1.76. The van der Waals surface area contributed by atoms with Crippen molar-refractivity contribution in [3.63, 3.8) is 0 Å². The Hall–Kier alpha value is -3.59. The summed E-state index contributed by atoms with van der Waals surface area (Å²) in [5.41, 5.74) is 1.91. The number of nitrogens with zero attached hydrogens (tertiary/aromatic N) is 4. The van der Waals surface area contributed by atoms with Crippen LogP contribution >= 0.6 is 11.6 Å². The Bertz CT molecular complexity index is 1110. The number of hydrogen-bond acceptors (Lipinski definition) is 7. The van der Waals surface area contributed by atoms with E-state index < -0.39 is 11.0 Å². The van der Waals surface area contributed by atoms with E-state index in [-0.39, 0.29) is 24.1 Å². The molecule has 0 spiro atoms. The van der Waals surface area contributed by atoms with E-state index in [1.54, 1.807) is 37.4 Å². The molecule has 2 heterocycles. The van der Waals surface area contributed by atoms with Gasteiger partial charge in [-0.3, -0.25) is 19.9 Å². The molecule has 166 valence electrons. The second-order valence-electron chi connectivity index (χ2n) is 7.52. The number of carbonyl (C=O) groups excluding carboxylic acids is 1. The first-order valence-electron chi connectivity index (χ1n) is 9.99. The fourth-order valence-corrected chi connectivity index (χ4v) is 3.12. The third-order valence-corrected chi connectivity index (χ3v) is 5.22. The molecule has 32 heavy (non-hydrogen) atoms. The normalized spacial score (nSPS) is 11.8. The minimum atomic E-state index is -0.614. The van der Waals surface area contributed by atoms with Gasteiger partial charge in [0.25, 0.3) is 5.69 Å². The molecule has 1 atom stereocenters. The lowest BCUT2D eigenvalue weighted by Gasteiger charge is -2.23. The molecule has 1 aromatic carbocycles. The fourth-order valence-electron chi connectivity index (χ4n) is 2.98. The van der Waals surface area contributed by atoms with Gasteiger partial charge in [0.05, 0.1) is 10.6 Å². The highest BCUT2D eigenvalue weighted by Crippen LogP contribution is 2.27. The van der Waals surface area contributed by atoms with Crippen LogP contribution in [0.1, 0.15) is 25.1 Å². The average Bonchev–Trinajstić information content (AvgIpc) is 2.78. The minimum absolute atomic E-state index is 0.000664. The highest BCUT2D eigenvalue weighted by Gasteiger charge is 2.24. The van der Waals surface area contributed by atoms with E-state index in [2.05, 4.69) is 25.6 Å². The number of non-ortho nitro benzene ring substituents is 1. The summed E-state index contributed by atoms with van der Waals surface area (Å²) >= 11 is 6.42. The summed E-state index contributed by atoms with van der Waals surface area (Å²) in [5, 5.41) is 17.1.